The summed E-state index contributed by atoms with van der Waals surface area (Å²) in [6.07, 6.45) is 5.82. The Labute approximate surface area is 110 Å². The summed E-state index contributed by atoms with van der Waals surface area (Å²) < 4.78 is 18.2. The zero-order valence-corrected chi connectivity index (χ0v) is 10.5. The van der Waals surface area contributed by atoms with E-state index < -0.39 is 5.82 Å². The lowest BCUT2D eigenvalue weighted by atomic mass is 9.96. The molecule has 0 spiro atoms. The fourth-order valence-corrected chi connectivity index (χ4v) is 2.34. The first-order valence-electron chi connectivity index (χ1n) is 6.45. The maximum Gasteiger partial charge on any atom is 0.259 e. The van der Waals surface area contributed by atoms with Crippen LogP contribution >= 0.6 is 0 Å². The minimum atomic E-state index is -0.409. The molecule has 5 nitrogen and oxygen atoms in total. The van der Waals surface area contributed by atoms with Gasteiger partial charge in [0.25, 0.3) is 5.89 Å². The highest BCUT2D eigenvalue weighted by molar-refractivity contribution is 5.50. The maximum absolute atomic E-state index is 13.1. The van der Waals surface area contributed by atoms with Crippen molar-refractivity contribution in [2.24, 2.45) is 5.92 Å². The van der Waals surface area contributed by atoms with Crippen molar-refractivity contribution in [2.45, 2.75) is 19.3 Å². The Hall–Kier alpha value is -1.82. The molecule has 6 heteroatoms. The van der Waals surface area contributed by atoms with E-state index in [4.69, 9.17) is 4.52 Å². The summed E-state index contributed by atoms with van der Waals surface area (Å²) in [5, 5.41) is 7.31. The van der Waals surface area contributed by atoms with Crippen LogP contribution in [0.2, 0.25) is 0 Å². The summed E-state index contributed by atoms with van der Waals surface area (Å²) in [6, 6.07) is 1.34. The highest BCUT2D eigenvalue weighted by atomic mass is 19.1. The molecule has 1 aliphatic rings. The molecule has 1 atom stereocenters. The van der Waals surface area contributed by atoms with Gasteiger partial charge in [0.15, 0.2) is 5.82 Å². The summed E-state index contributed by atoms with van der Waals surface area (Å²) >= 11 is 0. The molecule has 0 amide bonds. The Balaban J connectivity index is 1.72. The molecule has 2 aromatic heterocycles. The normalized spacial score (nSPS) is 19.5. The van der Waals surface area contributed by atoms with Crippen molar-refractivity contribution < 1.29 is 8.91 Å². The lowest BCUT2D eigenvalue weighted by Crippen LogP contribution is -2.31. The number of nitrogens with zero attached hydrogens (tertiary/aromatic N) is 3. The number of pyridine rings is 1. The molecule has 2 aromatic rings. The van der Waals surface area contributed by atoms with Crippen molar-refractivity contribution in [3.8, 4) is 11.5 Å². The molecular weight excluding hydrogens is 247 g/mol. The molecule has 1 N–H and O–H groups in total. The van der Waals surface area contributed by atoms with Gasteiger partial charge in [0.1, 0.15) is 5.82 Å². The minimum Gasteiger partial charge on any atom is -0.334 e. The smallest absolute Gasteiger partial charge is 0.259 e. The van der Waals surface area contributed by atoms with E-state index >= 15 is 0 Å². The first-order chi connectivity index (χ1) is 9.31. The Morgan fingerprint density at radius 1 is 1.42 bits per heavy atom. The van der Waals surface area contributed by atoms with Crippen LogP contribution in [0.15, 0.2) is 23.0 Å². The van der Waals surface area contributed by atoms with Gasteiger partial charge in [-0.3, -0.25) is 4.98 Å². The second-order valence-electron chi connectivity index (χ2n) is 4.82. The van der Waals surface area contributed by atoms with Crippen LogP contribution in [0.5, 0.6) is 0 Å². The number of aromatic nitrogens is 3. The van der Waals surface area contributed by atoms with Gasteiger partial charge in [-0.1, -0.05) is 5.16 Å². The summed E-state index contributed by atoms with van der Waals surface area (Å²) in [5.41, 5.74) is 0.514. The van der Waals surface area contributed by atoms with Gasteiger partial charge in [-0.2, -0.15) is 4.98 Å². The molecule has 3 rings (SSSR count). The lowest BCUT2D eigenvalue weighted by molar-refractivity contribution is 0.360. The molecule has 1 saturated heterocycles. The third-order valence-corrected chi connectivity index (χ3v) is 3.29. The average molecular weight is 262 g/mol. The van der Waals surface area contributed by atoms with Crippen LogP contribution in [0, 0.1) is 11.7 Å². The summed E-state index contributed by atoms with van der Waals surface area (Å²) in [4.78, 5) is 8.08. The SMILES string of the molecule is Fc1cncc(-c2nc(CC3CCCNC3)no2)c1. The van der Waals surface area contributed by atoms with Gasteiger partial charge in [0.2, 0.25) is 0 Å². The first kappa shape index (κ1) is 12.2. The molecule has 19 heavy (non-hydrogen) atoms. The standard InChI is InChI=1S/C13H15FN4O/c14-11-5-10(7-16-8-11)13-17-12(18-19-13)4-9-2-1-3-15-6-9/h5,7-9,15H,1-4,6H2. The van der Waals surface area contributed by atoms with Gasteiger partial charge in [-0.05, 0) is 37.9 Å². The Morgan fingerprint density at radius 2 is 2.37 bits per heavy atom. The van der Waals surface area contributed by atoms with E-state index in [9.17, 15) is 4.39 Å². The van der Waals surface area contributed by atoms with Gasteiger partial charge >= 0.3 is 0 Å². The predicted octanol–water partition coefficient (Wildman–Crippen LogP) is 1.81. The second-order valence-corrected chi connectivity index (χ2v) is 4.82. The highest BCUT2D eigenvalue weighted by Gasteiger charge is 2.17. The topological polar surface area (TPSA) is 63.8 Å². The third-order valence-electron chi connectivity index (χ3n) is 3.29. The van der Waals surface area contributed by atoms with Gasteiger partial charge < -0.3 is 9.84 Å². The number of halogens is 1. The zero-order chi connectivity index (χ0) is 13.1. The largest absolute Gasteiger partial charge is 0.334 e. The van der Waals surface area contributed by atoms with Gasteiger partial charge in [0.05, 0.1) is 11.8 Å². The molecule has 1 unspecified atom stereocenters. The molecule has 0 aliphatic carbocycles. The third kappa shape index (κ3) is 2.96. The Bertz CT molecular complexity index is 551. The number of hydrogen-bond donors (Lipinski definition) is 1. The molecule has 1 aliphatic heterocycles. The molecule has 0 aromatic carbocycles. The number of nitrogens with one attached hydrogen (secondary N) is 1. The van der Waals surface area contributed by atoms with Crippen molar-refractivity contribution in [1.29, 1.82) is 0 Å². The zero-order valence-electron chi connectivity index (χ0n) is 10.5. The number of piperidine rings is 1. The van der Waals surface area contributed by atoms with Gasteiger partial charge in [-0.25, -0.2) is 4.39 Å². The van der Waals surface area contributed by atoms with Crippen molar-refractivity contribution in [2.75, 3.05) is 13.1 Å². The van der Waals surface area contributed by atoms with Crippen molar-refractivity contribution >= 4 is 0 Å². The minimum absolute atomic E-state index is 0.325. The Kier molecular flexibility index (Phi) is 3.50. The molecule has 0 bridgehead atoms. The van der Waals surface area contributed by atoms with Crippen molar-refractivity contribution in [3.05, 3.63) is 30.1 Å². The summed E-state index contributed by atoms with van der Waals surface area (Å²) in [6.45, 7) is 2.08. The number of rotatable bonds is 3. The van der Waals surface area contributed by atoms with Crippen LogP contribution in [0.25, 0.3) is 11.5 Å². The van der Waals surface area contributed by atoms with E-state index in [1.54, 1.807) is 0 Å². The first-order valence-corrected chi connectivity index (χ1v) is 6.45. The summed E-state index contributed by atoms with van der Waals surface area (Å²) in [5.74, 6) is 1.14. The van der Waals surface area contributed by atoms with E-state index in [1.165, 1.54) is 25.1 Å². The summed E-state index contributed by atoms with van der Waals surface area (Å²) in [7, 11) is 0. The second kappa shape index (κ2) is 5.44. The van der Waals surface area contributed by atoms with Crippen LogP contribution in [0.1, 0.15) is 18.7 Å². The van der Waals surface area contributed by atoms with E-state index in [-0.39, 0.29) is 0 Å². The number of hydrogen-bond acceptors (Lipinski definition) is 5. The average Bonchev–Trinajstić information content (AvgIpc) is 2.88. The van der Waals surface area contributed by atoms with Crippen molar-refractivity contribution in [1.82, 2.24) is 20.4 Å². The van der Waals surface area contributed by atoms with E-state index in [1.807, 2.05) is 0 Å². The van der Waals surface area contributed by atoms with Crippen LogP contribution < -0.4 is 5.32 Å². The highest BCUT2D eigenvalue weighted by Crippen LogP contribution is 2.19. The van der Waals surface area contributed by atoms with E-state index in [2.05, 4.69) is 20.4 Å². The molecular formula is C13H15FN4O. The fraction of sp³-hybridized carbons (Fsp3) is 0.462. The van der Waals surface area contributed by atoms with Crippen LogP contribution in [-0.4, -0.2) is 28.2 Å². The molecule has 3 heterocycles. The molecule has 0 saturated carbocycles. The lowest BCUT2D eigenvalue weighted by Gasteiger charge is -2.20. The van der Waals surface area contributed by atoms with Crippen LogP contribution in [0.4, 0.5) is 4.39 Å². The van der Waals surface area contributed by atoms with Gasteiger partial charge in [-0.15, -0.1) is 0 Å². The van der Waals surface area contributed by atoms with Gasteiger partial charge in [0, 0.05) is 12.6 Å². The monoisotopic (exact) mass is 262 g/mol. The van der Waals surface area contributed by atoms with Crippen molar-refractivity contribution in [3.63, 3.8) is 0 Å². The van der Waals surface area contributed by atoms with Crippen LogP contribution in [0.3, 0.4) is 0 Å². The molecule has 100 valence electrons. The Morgan fingerprint density at radius 3 is 3.16 bits per heavy atom. The van der Waals surface area contributed by atoms with E-state index in [0.29, 0.717) is 23.2 Å². The van der Waals surface area contributed by atoms with E-state index in [0.717, 1.165) is 25.7 Å². The molecule has 0 radical (unpaired) electrons. The predicted molar refractivity (Wildman–Crippen MR) is 66.8 cm³/mol. The fourth-order valence-electron chi connectivity index (χ4n) is 2.34. The maximum atomic E-state index is 13.1. The quantitative estimate of drug-likeness (QED) is 0.914. The molecule has 1 fully saturated rings. The van der Waals surface area contributed by atoms with Crippen LogP contribution in [-0.2, 0) is 6.42 Å².